The van der Waals surface area contributed by atoms with Crippen molar-refractivity contribution in [2.24, 2.45) is 0 Å². The van der Waals surface area contributed by atoms with Crippen LogP contribution in [0.25, 0.3) is 5.69 Å². The number of rotatable bonds is 6. The highest BCUT2D eigenvalue weighted by Gasteiger charge is 2.23. The van der Waals surface area contributed by atoms with E-state index in [1.54, 1.807) is 19.5 Å². The molecule has 162 valence electrons. The van der Waals surface area contributed by atoms with Crippen LogP contribution in [0.2, 0.25) is 0 Å². The first kappa shape index (κ1) is 21.1. The van der Waals surface area contributed by atoms with Gasteiger partial charge in [-0.05, 0) is 56.1 Å². The first-order valence-corrected chi connectivity index (χ1v) is 10.8. The Labute approximate surface area is 183 Å². The Kier molecular flexibility index (Phi) is 6.62. The average molecular weight is 420 g/mol. The van der Waals surface area contributed by atoms with Crippen molar-refractivity contribution in [3.05, 3.63) is 71.5 Å². The maximum Gasteiger partial charge on any atom is 0.256 e. The molecule has 7 nitrogen and oxygen atoms in total. The summed E-state index contributed by atoms with van der Waals surface area (Å²) in [6.07, 6.45) is 5.21. The zero-order valence-electron chi connectivity index (χ0n) is 18.2. The summed E-state index contributed by atoms with van der Waals surface area (Å²) in [6, 6.07) is 14.1. The molecule has 31 heavy (non-hydrogen) atoms. The lowest BCUT2D eigenvalue weighted by Crippen LogP contribution is -2.36. The number of hydrogen-bond donors (Lipinski definition) is 0. The summed E-state index contributed by atoms with van der Waals surface area (Å²) in [6.45, 7) is 6.35. The van der Waals surface area contributed by atoms with Gasteiger partial charge in [0.05, 0.1) is 30.8 Å². The third-order valence-electron chi connectivity index (χ3n) is 5.77. The van der Waals surface area contributed by atoms with Gasteiger partial charge in [-0.3, -0.25) is 4.79 Å². The van der Waals surface area contributed by atoms with Crippen molar-refractivity contribution in [3.8, 4) is 11.4 Å². The predicted molar refractivity (Wildman–Crippen MR) is 120 cm³/mol. The topological polar surface area (TPSA) is 63.5 Å². The van der Waals surface area contributed by atoms with E-state index >= 15 is 0 Å². The molecule has 1 aromatic heterocycles. The number of ether oxygens (including phenoxy) is 1. The van der Waals surface area contributed by atoms with Crippen molar-refractivity contribution in [2.75, 3.05) is 39.8 Å². The highest BCUT2D eigenvalue weighted by atomic mass is 16.5. The number of nitrogens with zero attached hydrogens (tertiary/aromatic N) is 5. The minimum Gasteiger partial charge on any atom is -0.497 e. The monoisotopic (exact) mass is 419 g/mol. The number of benzene rings is 2. The smallest absolute Gasteiger partial charge is 0.256 e. The summed E-state index contributed by atoms with van der Waals surface area (Å²) >= 11 is 0. The SMILES string of the molecule is COc1ccc(CCN2CCCN(C(=O)c3cc(C)ccc3-n3nccn3)CC2)cc1. The molecular formula is C24H29N5O2. The summed E-state index contributed by atoms with van der Waals surface area (Å²) in [7, 11) is 1.69. The molecule has 1 aliphatic heterocycles. The number of carbonyl (C=O) groups excluding carboxylic acids is 1. The molecule has 1 amide bonds. The first-order chi connectivity index (χ1) is 15.1. The van der Waals surface area contributed by atoms with Gasteiger partial charge >= 0.3 is 0 Å². The maximum absolute atomic E-state index is 13.4. The standard InChI is InChI=1S/C24H29N5O2/c1-19-4-9-23(29-25-11-12-26-29)22(18-19)24(30)28-14-3-13-27(16-17-28)15-10-20-5-7-21(31-2)8-6-20/h4-9,11-12,18H,3,10,13-17H2,1-2H3. The van der Waals surface area contributed by atoms with Gasteiger partial charge in [0.1, 0.15) is 5.75 Å². The van der Waals surface area contributed by atoms with Crippen LogP contribution in [-0.4, -0.2) is 70.5 Å². The van der Waals surface area contributed by atoms with Crippen LogP contribution in [0.1, 0.15) is 27.9 Å². The van der Waals surface area contributed by atoms with Crippen molar-refractivity contribution in [2.45, 2.75) is 19.8 Å². The van der Waals surface area contributed by atoms with E-state index in [1.165, 1.54) is 10.4 Å². The van der Waals surface area contributed by atoms with Gasteiger partial charge in [-0.2, -0.15) is 15.0 Å². The number of aryl methyl sites for hydroxylation is 1. The van der Waals surface area contributed by atoms with E-state index in [-0.39, 0.29) is 5.91 Å². The van der Waals surface area contributed by atoms with Crippen molar-refractivity contribution in [1.82, 2.24) is 24.8 Å². The second kappa shape index (κ2) is 9.75. The first-order valence-electron chi connectivity index (χ1n) is 10.8. The maximum atomic E-state index is 13.4. The van der Waals surface area contributed by atoms with Gasteiger partial charge < -0.3 is 14.5 Å². The molecule has 0 radical (unpaired) electrons. The van der Waals surface area contributed by atoms with Crippen LogP contribution >= 0.6 is 0 Å². The normalized spacial score (nSPS) is 15.0. The third kappa shape index (κ3) is 5.11. The molecule has 3 aromatic rings. The zero-order chi connectivity index (χ0) is 21.6. The molecule has 7 heteroatoms. The van der Waals surface area contributed by atoms with Crippen LogP contribution in [-0.2, 0) is 6.42 Å². The van der Waals surface area contributed by atoms with E-state index < -0.39 is 0 Å². The molecule has 0 spiro atoms. The molecule has 4 rings (SSSR count). The van der Waals surface area contributed by atoms with Gasteiger partial charge in [0.15, 0.2) is 0 Å². The van der Waals surface area contributed by atoms with E-state index in [4.69, 9.17) is 4.74 Å². The van der Waals surface area contributed by atoms with E-state index in [0.29, 0.717) is 5.56 Å². The fraction of sp³-hybridized carbons (Fsp3) is 0.375. The van der Waals surface area contributed by atoms with Crippen molar-refractivity contribution < 1.29 is 9.53 Å². The van der Waals surface area contributed by atoms with Gasteiger partial charge in [0.25, 0.3) is 5.91 Å². The number of carbonyl (C=O) groups is 1. The zero-order valence-corrected chi connectivity index (χ0v) is 18.2. The van der Waals surface area contributed by atoms with E-state index in [1.807, 2.05) is 42.2 Å². The van der Waals surface area contributed by atoms with E-state index in [9.17, 15) is 4.79 Å². The van der Waals surface area contributed by atoms with E-state index in [0.717, 1.165) is 62.6 Å². The van der Waals surface area contributed by atoms with Crippen LogP contribution in [0.5, 0.6) is 5.75 Å². The van der Waals surface area contributed by atoms with Gasteiger partial charge in [-0.25, -0.2) is 0 Å². The highest BCUT2D eigenvalue weighted by Crippen LogP contribution is 2.19. The van der Waals surface area contributed by atoms with Crippen LogP contribution < -0.4 is 4.74 Å². The fourth-order valence-electron chi connectivity index (χ4n) is 3.98. The number of aromatic nitrogens is 3. The molecule has 0 N–H and O–H groups in total. The van der Waals surface area contributed by atoms with Gasteiger partial charge in [0.2, 0.25) is 0 Å². The van der Waals surface area contributed by atoms with Gasteiger partial charge in [0, 0.05) is 26.2 Å². The Morgan fingerprint density at radius 1 is 1.00 bits per heavy atom. The second-order valence-electron chi connectivity index (χ2n) is 7.92. The molecule has 2 heterocycles. The Morgan fingerprint density at radius 3 is 2.52 bits per heavy atom. The minimum atomic E-state index is 0.0491. The van der Waals surface area contributed by atoms with Crippen LogP contribution in [0.4, 0.5) is 0 Å². The van der Waals surface area contributed by atoms with Crippen LogP contribution in [0.15, 0.2) is 54.9 Å². The van der Waals surface area contributed by atoms with Crippen molar-refractivity contribution in [1.29, 1.82) is 0 Å². The quantitative estimate of drug-likeness (QED) is 0.615. The summed E-state index contributed by atoms with van der Waals surface area (Å²) in [5, 5.41) is 8.44. The molecule has 1 saturated heterocycles. The van der Waals surface area contributed by atoms with Crippen LogP contribution in [0.3, 0.4) is 0 Å². The van der Waals surface area contributed by atoms with Gasteiger partial charge in [-0.1, -0.05) is 23.8 Å². The molecule has 1 fully saturated rings. The van der Waals surface area contributed by atoms with Crippen molar-refractivity contribution in [3.63, 3.8) is 0 Å². The summed E-state index contributed by atoms with van der Waals surface area (Å²) < 4.78 is 5.23. The number of methoxy groups -OCH3 is 1. The molecule has 0 bridgehead atoms. The Balaban J connectivity index is 1.39. The molecule has 0 unspecified atom stereocenters. The molecule has 0 saturated carbocycles. The number of amides is 1. The van der Waals surface area contributed by atoms with Crippen LogP contribution in [0, 0.1) is 6.92 Å². The average Bonchev–Trinajstić information content (AvgIpc) is 3.23. The molecular weight excluding hydrogens is 390 g/mol. The highest BCUT2D eigenvalue weighted by molar-refractivity contribution is 5.98. The summed E-state index contributed by atoms with van der Waals surface area (Å²) in [5.41, 5.74) is 3.73. The Morgan fingerprint density at radius 2 is 1.77 bits per heavy atom. The minimum absolute atomic E-state index is 0.0491. The summed E-state index contributed by atoms with van der Waals surface area (Å²) in [4.78, 5) is 19.3. The van der Waals surface area contributed by atoms with Gasteiger partial charge in [-0.15, -0.1) is 0 Å². The third-order valence-corrected chi connectivity index (χ3v) is 5.77. The number of hydrogen-bond acceptors (Lipinski definition) is 5. The lowest BCUT2D eigenvalue weighted by Gasteiger charge is -2.23. The Hall–Kier alpha value is -3.19. The summed E-state index contributed by atoms with van der Waals surface area (Å²) in [5.74, 6) is 0.932. The fourth-order valence-corrected chi connectivity index (χ4v) is 3.98. The van der Waals surface area contributed by atoms with E-state index in [2.05, 4.69) is 27.2 Å². The Bertz CT molecular complexity index is 1000. The lowest BCUT2D eigenvalue weighted by molar-refractivity contribution is 0.0761. The molecule has 2 aromatic carbocycles. The predicted octanol–water partition coefficient (Wildman–Crippen LogP) is 2.97. The molecule has 1 aliphatic rings. The molecule has 0 aliphatic carbocycles. The van der Waals surface area contributed by atoms with Crippen molar-refractivity contribution >= 4 is 5.91 Å². The lowest BCUT2D eigenvalue weighted by atomic mass is 10.1. The molecule has 0 atom stereocenters. The second-order valence-corrected chi connectivity index (χ2v) is 7.92. The largest absolute Gasteiger partial charge is 0.497 e.